The van der Waals surface area contributed by atoms with Gasteiger partial charge in [0.1, 0.15) is 5.76 Å². The fraction of sp³-hybridized carbons (Fsp3) is 0.444. The second-order valence-electron chi connectivity index (χ2n) is 6.03. The van der Waals surface area contributed by atoms with E-state index in [9.17, 15) is 0 Å². The number of benzene rings is 1. The van der Waals surface area contributed by atoms with Gasteiger partial charge in [-0.2, -0.15) is 0 Å². The summed E-state index contributed by atoms with van der Waals surface area (Å²) in [4.78, 5) is 0. The van der Waals surface area contributed by atoms with Crippen molar-refractivity contribution in [3.63, 3.8) is 0 Å². The van der Waals surface area contributed by atoms with Gasteiger partial charge >= 0.3 is 0 Å². The number of hydrogen-bond donors (Lipinski definition) is 1. The summed E-state index contributed by atoms with van der Waals surface area (Å²) in [6, 6.07) is 13.7. The third-order valence-electron chi connectivity index (χ3n) is 3.95. The van der Waals surface area contributed by atoms with Gasteiger partial charge in [0.05, 0.1) is 6.26 Å². The lowest BCUT2D eigenvalue weighted by Crippen LogP contribution is -2.27. The molecule has 2 nitrogen and oxygen atoms in total. The SMILES string of the molecule is Cc1cccc(CC(CNC2CC2)Cc2ccco2)c1. The summed E-state index contributed by atoms with van der Waals surface area (Å²) in [5.41, 5.74) is 2.77. The Morgan fingerprint density at radius 1 is 1.20 bits per heavy atom. The molecule has 0 radical (unpaired) electrons. The van der Waals surface area contributed by atoms with Gasteiger partial charge in [-0.3, -0.25) is 0 Å². The van der Waals surface area contributed by atoms with Crippen molar-refractivity contribution in [1.29, 1.82) is 0 Å². The molecule has 3 rings (SSSR count). The molecule has 1 atom stereocenters. The Balaban J connectivity index is 1.63. The summed E-state index contributed by atoms with van der Waals surface area (Å²) in [5.74, 6) is 1.70. The first-order valence-corrected chi connectivity index (χ1v) is 7.61. The lowest BCUT2D eigenvalue weighted by molar-refractivity contribution is 0.414. The van der Waals surface area contributed by atoms with Gasteiger partial charge in [0.2, 0.25) is 0 Å². The molecule has 1 aliphatic rings. The first-order chi connectivity index (χ1) is 9.79. The van der Waals surface area contributed by atoms with Crippen molar-refractivity contribution < 1.29 is 4.42 Å². The number of hydrogen-bond acceptors (Lipinski definition) is 2. The van der Waals surface area contributed by atoms with Crippen LogP contribution in [0.5, 0.6) is 0 Å². The monoisotopic (exact) mass is 269 g/mol. The lowest BCUT2D eigenvalue weighted by Gasteiger charge is -2.17. The third kappa shape index (κ3) is 3.97. The summed E-state index contributed by atoms with van der Waals surface area (Å²) >= 11 is 0. The van der Waals surface area contributed by atoms with Crippen molar-refractivity contribution in [2.45, 2.75) is 38.6 Å². The van der Waals surface area contributed by atoms with Crippen LogP contribution in [0.3, 0.4) is 0 Å². The van der Waals surface area contributed by atoms with Crippen LogP contribution in [0.2, 0.25) is 0 Å². The van der Waals surface area contributed by atoms with Crippen molar-refractivity contribution in [3.05, 3.63) is 59.5 Å². The smallest absolute Gasteiger partial charge is 0.104 e. The van der Waals surface area contributed by atoms with Crippen LogP contribution in [0.15, 0.2) is 47.1 Å². The Morgan fingerprint density at radius 2 is 2.10 bits per heavy atom. The predicted molar refractivity (Wildman–Crippen MR) is 81.8 cm³/mol. The standard InChI is InChI=1S/C18H23NO/c1-14-4-2-5-15(10-14)11-16(13-19-17-7-8-17)12-18-6-3-9-20-18/h2-6,9-10,16-17,19H,7-8,11-13H2,1H3. The lowest BCUT2D eigenvalue weighted by atomic mass is 9.94. The molecule has 0 aliphatic heterocycles. The van der Waals surface area contributed by atoms with Crippen LogP contribution in [0, 0.1) is 12.8 Å². The average molecular weight is 269 g/mol. The van der Waals surface area contributed by atoms with Crippen LogP contribution in [-0.2, 0) is 12.8 Å². The normalized spacial score (nSPS) is 16.2. The molecule has 2 heteroatoms. The fourth-order valence-electron chi connectivity index (χ4n) is 2.72. The van der Waals surface area contributed by atoms with Crippen molar-refractivity contribution in [3.8, 4) is 0 Å². The topological polar surface area (TPSA) is 25.2 Å². The van der Waals surface area contributed by atoms with E-state index in [2.05, 4.69) is 42.6 Å². The maximum Gasteiger partial charge on any atom is 0.104 e. The molecule has 1 saturated carbocycles. The highest BCUT2D eigenvalue weighted by molar-refractivity contribution is 5.23. The second kappa shape index (κ2) is 6.27. The Bertz CT molecular complexity index is 528. The van der Waals surface area contributed by atoms with Crippen LogP contribution in [0.4, 0.5) is 0 Å². The Labute approximate surface area is 121 Å². The molecule has 1 fully saturated rings. The molecule has 0 bridgehead atoms. The van der Waals surface area contributed by atoms with E-state index < -0.39 is 0 Å². The van der Waals surface area contributed by atoms with Crippen LogP contribution < -0.4 is 5.32 Å². The number of aryl methyl sites for hydroxylation is 1. The summed E-state index contributed by atoms with van der Waals surface area (Å²) in [6.45, 7) is 3.24. The average Bonchev–Trinajstić information content (AvgIpc) is 3.12. The minimum absolute atomic E-state index is 0.601. The summed E-state index contributed by atoms with van der Waals surface area (Å²) in [6.07, 6.45) is 6.59. The molecule has 1 aliphatic carbocycles. The highest BCUT2D eigenvalue weighted by Crippen LogP contribution is 2.21. The van der Waals surface area contributed by atoms with E-state index in [1.54, 1.807) is 6.26 Å². The van der Waals surface area contributed by atoms with Crippen molar-refractivity contribution in [1.82, 2.24) is 5.32 Å². The molecule has 106 valence electrons. The van der Waals surface area contributed by atoms with E-state index in [0.29, 0.717) is 5.92 Å². The summed E-state index contributed by atoms with van der Waals surface area (Å²) in [5, 5.41) is 3.66. The van der Waals surface area contributed by atoms with Gasteiger partial charge in [0.15, 0.2) is 0 Å². The van der Waals surface area contributed by atoms with Crippen molar-refractivity contribution >= 4 is 0 Å². The van der Waals surface area contributed by atoms with Gasteiger partial charge < -0.3 is 9.73 Å². The molecule has 2 aromatic rings. The van der Waals surface area contributed by atoms with E-state index in [4.69, 9.17) is 4.42 Å². The maximum absolute atomic E-state index is 5.52. The highest BCUT2D eigenvalue weighted by atomic mass is 16.3. The van der Waals surface area contributed by atoms with E-state index >= 15 is 0 Å². The van der Waals surface area contributed by atoms with Crippen LogP contribution >= 0.6 is 0 Å². The molecule has 0 amide bonds. The summed E-state index contributed by atoms with van der Waals surface area (Å²) < 4.78 is 5.52. The zero-order valence-corrected chi connectivity index (χ0v) is 12.1. The maximum atomic E-state index is 5.52. The molecular formula is C18H23NO. The minimum Gasteiger partial charge on any atom is -0.469 e. The van der Waals surface area contributed by atoms with E-state index in [1.807, 2.05) is 6.07 Å². The van der Waals surface area contributed by atoms with Gasteiger partial charge in [-0.15, -0.1) is 0 Å². The highest BCUT2D eigenvalue weighted by Gasteiger charge is 2.22. The fourth-order valence-corrected chi connectivity index (χ4v) is 2.72. The zero-order valence-electron chi connectivity index (χ0n) is 12.1. The minimum atomic E-state index is 0.601. The van der Waals surface area contributed by atoms with Crippen LogP contribution in [0.1, 0.15) is 29.7 Å². The second-order valence-corrected chi connectivity index (χ2v) is 6.03. The van der Waals surface area contributed by atoms with Gasteiger partial charge in [0, 0.05) is 12.5 Å². The van der Waals surface area contributed by atoms with E-state index in [-0.39, 0.29) is 0 Å². The molecular weight excluding hydrogens is 246 g/mol. The first kappa shape index (κ1) is 13.4. The third-order valence-corrected chi connectivity index (χ3v) is 3.95. The number of nitrogens with one attached hydrogen (secondary N) is 1. The largest absolute Gasteiger partial charge is 0.469 e. The quantitative estimate of drug-likeness (QED) is 0.828. The van der Waals surface area contributed by atoms with Gasteiger partial charge in [0.25, 0.3) is 0 Å². The Morgan fingerprint density at radius 3 is 2.80 bits per heavy atom. The van der Waals surface area contributed by atoms with Gasteiger partial charge in [-0.25, -0.2) is 0 Å². The zero-order chi connectivity index (χ0) is 13.8. The van der Waals surface area contributed by atoms with Gasteiger partial charge in [-0.1, -0.05) is 29.8 Å². The van der Waals surface area contributed by atoms with Crippen LogP contribution in [0.25, 0.3) is 0 Å². The molecule has 1 aromatic carbocycles. The van der Waals surface area contributed by atoms with E-state index in [1.165, 1.54) is 24.0 Å². The molecule has 1 aromatic heterocycles. The first-order valence-electron chi connectivity index (χ1n) is 7.61. The molecule has 1 heterocycles. The molecule has 0 saturated heterocycles. The van der Waals surface area contributed by atoms with E-state index in [0.717, 1.165) is 31.2 Å². The molecule has 1 unspecified atom stereocenters. The predicted octanol–water partition coefficient (Wildman–Crippen LogP) is 3.74. The van der Waals surface area contributed by atoms with Crippen molar-refractivity contribution in [2.24, 2.45) is 5.92 Å². The number of rotatable bonds is 7. The number of furan rings is 1. The molecule has 1 N–H and O–H groups in total. The Hall–Kier alpha value is -1.54. The molecule has 20 heavy (non-hydrogen) atoms. The van der Waals surface area contributed by atoms with Crippen molar-refractivity contribution in [2.75, 3.05) is 6.54 Å². The van der Waals surface area contributed by atoms with Gasteiger partial charge in [-0.05, 0) is 56.3 Å². The summed E-state index contributed by atoms with van der Waals surface area (Å²) in [7, 11) is 0. The van der Waals surface area contributed by atoms with Crippen LogP contribution in [-0.4, -0.2) is 12.6 Å². The Kier molecular flexibility index (Phi) is 4.22. The molecule has 0 spiro atoms.